The van der Waals surface area contributed by atoms with E-state index in [4.69, 9.17) is 37.4 Å². The van der Waals surface area contributed by atoms with E-state index < -0.39 is 5.91 Å². The monoisotopic (exact) mass is 614 g/mol. The molecule has 33 heavy (non-hydrogen) atoms. The van der Waals surface area contributed by atoms with E-state index in [1.807, 2.05) is 12.1 Å². The number of nitrogens with one attached hydrogen (secondary N) is 1. The molecule has 0 heterocycles. The second-order valence-electron chi connectivity index (χ2n) is 6.56. The van der Waals surface area contributed by atoms with Crippen molar-refractivity contribution in [3.8, 4) is 17.2 Å². The second kappa shape index (κ2) is 12.3. The number of hydrogen-bond donors (Lipinski definition) is 1. The first-order valence-electron chi connectivity index (χ1n) is 9.51. The maximum atomic E-state index is 12.0. The molecule has 0 aromatic heterocycles. The van der Waals surface area contributed by atoms with Crippen molar-refractivity contribution in [2.45, 2.75) is 6.61 Å². The Hall–Kier alpha value is -2.26. The first-order chi connectivity index (χ1) is 15.9. The van der Waals surface area contributed by atoms with Crippen LogP contribution in [0.5, 0.6) is 17.2 Å². The SMILES string of the molecule is COc1cc(/C=N/NC(=O)COc2ccc(Br)cc2Br)ccc1OCc1c(Cl)cccc1Cl. The highest BCUT2D eigenvalue weighted by molar-refractivity contribution is 9.11. The molecule has 0 spiro atoms. The number of ether oxygens (including phenoxy) is 3. The zero-order valence-corrected chi connectivity index (χ0v) is 22.0. The summed E-state index contributed by atoms with van der Waals surface area (Å²) >= 11 is 19.1. The summed E-state index contributed by atoms with van der Waals surface area (Å²) in [6.45, 7) is 0.00508. The van der Waals surface area contributed by atoms with Crippen LogP contribution in [0.25, 0.3) is 0 Å². The molecule has 0 aliphatic carbocycles. The lowest BCUT2D eigenvalue weighted by atomic mass is 10.2. The van der Waals surface area contributed by atoms with Crippen LogP contribution < -0.4 is 19.6 Å². The van der Waals surface area contributed by atoms with Gasteiger partial charge in [-0.15, -0.1) is 0 Å². The van der Waals surface area contributed by atoms with E-state index in [-0.39, 0.29) is 13.2 Å². The number of amides is 1. The normalized spacial score (nSPS) is 10.8. The minimum absolute atomic E-state index is 0.182. The standard InChI is InChI=1S/C23H18Br2Cl2N2O4/c1-31-22-9-14(5-7-21(22)32-12-16-18(26)3-2-4-19(16)27)11-28-29-23(30)13-33-20-8-6-15(24)10-17(20)25/h2-11H,12-13H2,1H3,(H,29,30)/b28-11+. The molecule has 0 saturated carbocycles. The Bertz CT molecular complexity index is 1150. The summed E-state index contributed by atoms with van der Waals surface area (Å²) in [5, 5.41) is 5.01. The lowest BCUT2D eigenvalue weighted by Crippen LogP contribution is -2.24. The summed E-state index contributed by atoms with van der Waals surface area (Å²) in [7, 11) is 1.53. The van der Waals surface area contributed by atoms with Gasteiger partial charge in [-0.25, -0.2) is 5.43 Å². The van der Waals surface area contributed by atoms with Gasteiger partial charge in [0.25, 0.3) is 5.91 Å². The van der Waals surface area contributed by atoms with Gasteiger partial charge >= 0.3 is 0 Å². The molecule has 0 radical (unpaired) electrons. The van der Waals surface area contributed by atoms with Crippen molar-refractivity contribution in [3.05, 3.63) is 84.7 Å². The molecule has 0 saturated heterocycles. The Morgan fingerprint density at radius 2 is 1.73 bits per heavy atom. The molecule has 3 aromatic rings. The van der Waals surface area contributed by atoms with Gasteiger partial charge in [-0.3, -0.25) is 4.79 Å². The summed E-state index contributed by atoms with van der Waals surface area (Å²) in [5.41, 5.74) is 3.81. The third-order valence-corrected chi connectivity index (χ3v) is 6.10. The molecule has 0 aliphatic heterocycles. The number of carbonyl (C=O) groups is 1. The minimum atomic E-state index is -0.399. The van der Waals surface area contributed by atoms with Crippen LogP contribution in [0.3, 0.4) is 0 Å². The molecule has 0 unspecified atom stereocenters. The average Bonchev–Trinajstić information content (AvgIpc) is 2.78. The summed E-state index contributed by atoms with van der Waals surface area (Å²) in [6.07, 6.45) is 1.49. The molecular weight excluding hydrogens is 599 g/mol. The minimum Gasteiger partial charge on any atom is -0.493 e. The maximum Gasteiger partial charge on any atom is 0.277 e. The van der Waals surface area contributed by atoms with Crippen LogP contribution in [0.4, 0.5) is 0 Å². The van der Waals surface area contributed by atoms with Gasteiger partial charge in [0.15, 0.2) is 18.1 Å². The van der Waals surface area contributed by atoms with Crippen molar-refractivity contribution < 1.29 is 19.0 Å². The Balaban J connectivity index is 1.55. The zero-order chi connectivity index (χ0) is 23.8. The Morgan fingerprint density at radius 1 is 1.00 bits per heavy atom. The number of rotatable bonds is 9. The molecule has 3 aromatic carbocycles. The largest absolute Gasteiger partial charge is 0.493 e. The molecular formula is C23H18Br2Cl2N2O4. The molecule has 1 amide bonds. The lowest BCUT2D eigenvalue weighted by Gasteiger charge is -2.13. The van der Waals surface area contributed by atoms with Crippen molar-refractivity contribution in [1.82, 2.24) is 5.43 Å². The van der Waals surface area contributed by atoms with Gasteiger partial charge in [-0.1, -0.05) is 45.2 Å². The zero-order valence-electron chi connectivity index (χ0n) is 17.3. The number of hydrazone groups is 1. The van der Waals surface area contributed by atoms with Crippen molar-refractivity contribution in [2.75, 3.05) is 13.7 Å². The number of hydrogen-bond acceptors (Lipinski definition) is 5. The van der Waals surface area contributed by atoms with Gasteiger partial charge in [0.05, 0.1) is 17.8 Å². The van der Waals surface area contributed by atoms with Gasteiger partial charge in [-0.2, -0.15) is 5.10 Å². The highest BCUT2D eigenvalue weighted by atomic mass is 79.9. The molecule has 0 aliphatic rings. The summed E-state index contributed by atoms with van der Waals surface area (Å²) in [5.74, 6) is 1.17. The van der Waals surface area contributed by atoms with Crippen LogP contribution >= 0.6 is 55.1 Å². The number of nitrogens with zero attached hydrogens (tertiary/aromatic N) is 1. The van der Waals surface area contributed by atoms with Crippen LogP contribution in [-0.4, -0.2) is 25.8 Å². The van der Waals surface area contributed by atoms with E-state index in [0.717, 1.165) is 8.95 Å². The number of halogens is 4. The number of carbonyl (C=O) groups excluding carboxylic acids is 1. The second-order valence-corrected chi connectivity index (χ2v) is 9.14. The van der Waals surface area contributed by atoms with Crippen molar-refractivity contribution in [2.24, 2.45) is 5.10 Å². The van der Waals surface area contributed by atoms with Gasteiger partial charge < -0.3 is 14.2 Å². The third-order valence-electron chi connectivity index (χ3n) is 4.28. The molecule has 0 atom stereocenters. The first kappa shape index (κ1) is 25.4. The summed E-state index contributed by atoms with van der Waals surface area (Å²) < 4.78 is 18.3. The van der Waals surface area contributed by atoms with E-state index in [1.54, 1.807) is 42.5 Å². The number of benzene rings is 3. The Morgan fingerprint density at radius 3 is 2.42 bits per heavy atom. The molecule has 172 valence electrons. The van der Waals surface area contributed by atoms with E-state index in [9.17, 15) is 4.79 Å². The summed E-state index contributed by atoms with van der Waals surface area (Å²) in [6, 6.07) is 15.9. The summed E-state index contributed by atoms with van der Waals surface area (Å²) in [4.78, 5) is 12.0. The van der Waals surface area contributed by atoms with E-state index in [1.165, 1.54) is 13.3 Å². The first-order valence-corrected chi connectivity index (χ1v) is 11.8. The Kier molecular flexibility index (Phi) is 9.43. The van der Waals surface area contributed by atoms with Crippen LogP contribution in [0.1, 0.15) is 11.1 Å². The number of methoxy groups -OCH3 is 1. The predicted octanol–water partition coefficient (Wildman–Crippen LogP) is 6.64. The van der Waals surface area contributed by atoms with Gasteiger partial charge in [-0.05, 0) is 70.0 Å². The fourth-order valence-corrected chi connectivity index (χ4v) is 4.32. The highest BCUT2D eigenvalue weighted by Gasteiger charge is 2.10. The fourth-order valence-electron chi connectivity index (χ4n) is 2.65. The maximum absolute atomic E-state index is 12.0. The van der Waals surface area contributed by atoms with Gasteiger partial charge in [0.2, 0.25) is 0 Å². The van der Waals surface area contributed by atoms with Crippen LogP contribution in [0, 0.1) is 0 Å². The van der Waals surface area contributed by atoms with E-state index >= 15 is 0 Å². The topological polar surface area (TPSA) is 69.2 Å². The molecule has 0 bridgehead atoms. The average molecular weight is 617 g/mol. The molecule has 0 fully saturated rings. The highest BCUT2D eigenvalue weighted by Crippen LogP contribution is 2.31. The molecule has 3 rings (SSSR count). The molecule has 6 nitrogen and oxygen atoms in total. The molecule has 1 N–H and O–H groups in total. The smallest absolute Gasteiger partial charge is 0.277 e. The third kappa shape index (κ3) is 7.37. The van der Waals surface area contributed by atoms with E-state index in [0.29, 0.717) is 38.4 Å². The van der Waals surface area contributed by atoms with Crippen molar-refractivity contribution >= 4 is 67.2 Å². The molecule has 10 heteroatoms. The van der Waals surface area contributed by atoms with Gasteiger partial charge in [0.1, 0.15) is 12.4 Å². The van der Waals surface area contributed by atoms with Crippen LogP contribution in [0.15, 0.2) is 68.6 Å². The van der Waals surface area contributed by atoms with Crippen LogP contribution in [-0.2, 0) is 11.4 Å². The predicted molar refractivity (Wildman–Crippen MR) is 137 cm³/mol. The fraction of sp³-hybridized carbons (Fsp3) is 0.130. The van der Waals surface area contributed by atoms with Crippen molar-refractivity contribution in [1.29, 1.82) is 0 Å². The Labute approximate surface area is 218 Å². The van der Waals surface area contributed by atoms with Crippen LogP contribution in [0.2, 0.25) is 10.0 Å². The quantitative estimate of drug-likeness (QED) is 0.216. The lowest BCUT2D eigenvalue weighted by molar-refractivity contribution is -0.123. The van der Waals surface area contributed by atoms with E-state index in [2.05, 4.69) is 42.4 Å². The van der Waals surface area contributed by atoms with Gasteiger partial charge in [0, 0.05) is 20.1 Å². The van der Waals surface area contributed by atoms with Crippen molar-refractivity contribution in [3.63, 3.8) is 0 Å².